The summed E-state index contributed by atoms with van der Waals surface area (Å²) < 4.78 is 83.4. The SMILES string of the molecule is COC(=O)[C@@H](Cc1ccc(O[C@H]2O[C@H](COCc3ccccc3)[C@@H](OCc3ccccc3)[C@H](OCc3ccccc3)[C@@H]2OCc2ccccc2)cc1)NC(=O)C(F)(F)F. The minimum Gasteiger partial charge on any atom is -0.467 e. The van der Waals surface area contributed by atoms with Gasteiger partial charge in [-0.3, -0.25) is 4.79 Å². The van der Waals surface area contributed by atoms with Crippen molar-refractivity contribution >= 4 is 11.9 Å². The standard InChI is InChI=1S/C46H46F3NO9/c1-53-43(51)38(50-45(52)46(47,48)49)26-32-22-24-37(25-23-32)58-44-42(57-30-36-20-12-5-13-21-36)41(56-29-35-18-10-4-11-19-35)40(55-28-34-16-8-3-9-17-34)39(59-44)31-54-27-33-14-6-2-7-15-33/h2-25,38-42,44H,26-31H2,1H3,(H,50,52)/t38-,39-,40-,41+,42+,44+/m1/s1. The maximum atomic E-state index is 13.0. The summed E-state index contributed by atoms with van der Waals surface area (Å²) >= 11 is 0. The van der Waals surface area contributed by atoms with E-state index in [2.05, 4.69) is 4.74 Å². The molecule has 1 amide bonds. The van der Waals surface area contributed by atoms with Crippen molar-refractivity contribution in [2.24, 2.45) is 0 Å². The smallest absolute Gasteiger partial charge is 0.467 e. The summed E-state index contributed by atoms with van der Waals surface area (Å²) in [4.78, 5) is 24.0. The van der Waals surface area contributed by atoms with E-state index in [1.807, 2.05) is 121 Å². The maximum absolute atomic E-state index is 13.0. The van der Waals surface area contributed by atoms with Gasteiger partial charge < -0.3 is 38.5 Å². The van der Waals surface area contributed by atoms with E-state index in [0.29, 0.717) is 17.9 Å². The molecule has 10 nitrogen and oxygen atoms in total. The Hall–Kier alpha value is -5.57. The zero-order valence-corrected chi connectivity index (χ0v) is 32.4. The third kappa shape index (κ3) is 13.0. The molecule has 310 valence electrons. The van der Waals surface area contributed by atoms with Crippen molar-refractivity contribution in [3.63, 3.8) is 0 Å². The molecular weight excluding hydrogens is 767 g/mol. The molecule has 1 heterocycles. The molecule has 0 spiro atoms. The van der Waals surface area contributed by atoms with E-state index in [0.717, 1.165) is 29.4 Å². The first-order valence-corrected chi connectivity index (χ1v) is 19.1. The number of hydrogen-bond acceptors (Lipinski definition) is 9. The van der Waals surface area contributed by atoms with Crippen LogP contribution in [0.3, 0.4) is 0 Å². The number of rotatable bonds is 19. The normalized spacial score (nSPS) is 19.7. The second-order valence-corrected chi connectivity index (χ2v) is 13.8. The molecule has 1 aliphatic heterocycles. The average Bonchev–Trinajstić information content (AvgIpc) is 3.26. The van der Waals surface area contributed by atoms with Gasteiger partial charge in [0.1, 0.15) is 36.2 Å². The van der Waals surface area contributed by atoms with Crippen molar-refractivity contribution in [2.45, 2.75) is 75.8 Å². The number of alkyl halides is 3. The highest BCUT2D eigenvalue weighted by molar-refractivity contribution is 5.87. The highest BCUT2D eigenvalue weighted by atomic mass is 19.4. The molecule has 5 aromatic carbocycles. The van der Waals surface area contributed by atoms with Crippen LogP contribution in [0, 0.1) is 0 Å². The molecule has 13 heteroatoms. The van der Waals surface area contributed by atoms with Crippen molar-refractivity contribution in [3.05, 3.63) is 173 Å². The monoisotopic (exact) mass is 813 g/mol. The van der Waals surface area contributed by atoms with Gasteiger partial charge in [-0.25, -0.2) is 4.79 Å². The molecular formula is C46H46F3NO9. The lowest BCUT2D eigenvalue weighted by atomic mass is 9.97. The van der Waals surface area contributed by atoms with Gasteiger partial charge in [-0.2, -0.15) is 13.2 Å². The quantitative estimate of drug-likeness (QED) is 0.0847. The molecule has 0 bridgehead atoms. The van der Waals surface area contributed by atoms with Crippen molar-refractivity contribution in [2.75, 3.05) is 13.7 Å². The van der Waals surface area contributed by atoms with E-state index < -0.39 is 54.8 Å². The summed E-state index contributed by atoms with van der Waals surface area (Å²) in [7, 11) is 1.03. The Labute approximate surface area is 341 Å². The number of carbonyl (C=O) groups is 2. The predicted molar refractivity (Wildman–Crippen MR) is 211 cm³/mol. The van der Waals surface area contributed by atoms with Crippen LogP contribution < -0.4 is 10.1 Å². The Kier molecular flexibility index (Phi) is 15.6. The fourth-order valence-corrected chi connectivity index (χ4v) is 6.49. The van der Waals surface area contributed by atoms with Crippen LogP contribution in [-0.4, -0.2) is 68.5 Å². The molecule has 6 rings (SSSR count). The fraction of sp³-hybridized carbons (Fsp3) is 0.304. The Morgan fingerprint density at radius 3 is 1.54 bits per heavy atom. The Morgan fingerprint density at radius 1 is 0.610 bits per heavy atom. The van der Waals surface area contributed by atoms with Gasteiger partial charge in [0.2, 0.25) is 6.29 Å². The zero-order valence-electron chi connectivity index (χ0n) is 32.4. The van der Waals surface area contributed by atoms with Gasteiger partial charge in [0, 0.05) is 6.42 Å². The summed E-state index contributed by atoms with van der Waals surface area (Å²) in [5.74, 6) is -2.94. The van der Waals surface area contributed by atoms with Crippen LogP contribution in [0.4, 0.5) is 13.2 Å². The summed E-state index contributed by atoms with van der Waals surface area (Å²) in [5.41, 5.74) is 4.20. The number of ether oxygens (including phenoxy) is 7. The van der Waals surface area contributed by atoms with Gasteiger partial charge >= 0.3 is 18.1 Å². The van der Waals surface area contributed by atoms with Gasteiger partial charge in [-0.05, 0) is 39.9 Å². The second kappa shape index (κ2) is 21.4. The van der Waals surface area contributed by atoms with Crippen LogP contribution in [0.15, 0.2) is 146 Å². The zero-order chi connectivity index (χ0) is 41.5. The number of amides is 1. The number of esters is 1. The van der Waals surface area contributed by atoms with E-state index in [4.69, 9.17) is 28.4 Å². The number of methoxy groups -OCH3 is 1. The number of benzene rings is 5. The first-order valence-electron chi connectivity index (χ1n) is 19.1. The van der Waals surface area contributed by atoms with Crippen LogP contribution in [0.25, 0.3) is 0 Å². The molecule has 1 aliphatic rings. The van der Waals surface area contributed by atoms with Crippen LogP contribution in [-0.2, 0) is 70.9 Å². The van der Waals surface area contributed by atoms with E-state index in [9.17, 15) is 22.8 Å². The lowest BCUT2D eigenvalue weighted by Crippen LogP contribution is -2.62. The first-order chi connectivity index (χ1) is 28.7. The maximum Gasteiger partial charge on any atom is 0.471 e. The lowest BCUT2D eigenvalue weighted by Gasteiger charge is -2.45. The summed E-state index contributed by atoms with van der Waals surface area (Å²) in [6, 6.07) is 43.6. The molecule has 0 aromatic heterocycles. The number of nitrogens with one attached hydrogen (secondary N) is 1. The Bertz CT molecular complexity index is 2010. The molecule has 1 saturated heterocycles. The minimum absolute atomic E-state index is 0.113. The molecule has 0 radical (unpaired) electrons. The Balaban J connectivity index is 1.30. The topological polar surface area (TPSA) is 111 Å². The number of carbonyl (C=O) groups excluding carboxylic acids is 2. The summed E-state index contributed by atoms with van der Waals surface area (Å²) in [6.45, 7) is 1.11. The molecule has 1 fully saturated rings. The van der Waals surface area contributed by atoms with Crippen molar-refractivity contribution < 1.29 is 55.9 Å². The van der Waals surface area contributed by atoms with Crippen molar-refractivity contribution in [3.8, 4) is 5.75 Å². The third-order valence-electron chi connectivity index (χ3n) is 9.50. The lowest BCUT2D eigenvalue weighted by molar-refractivity contribution is -0.310. The minimum atomic E-state index is -5.18. The number of halogens is 3. The van der Waals surface area contributed by atoms with Gasteiger partial charge in [0.05, 0.1) is 40.1 Å². The Morgan fingerprint density at radius 2 is 1.07 bits per heavy atom. The molecule has 1 N–H and O–H groups in total. The van der Waals surface area contributed by atoms with Crippen LogP contribution in [0.5, 0.6) is 5.75 Å². The largest absolute Gasteiger partial charge is 0.471 e. The molecule has 0 saturated carbocycles. The van der Waals surface area contributed by atoms with E-state index in [1.54, 1.807) is 29.6 Å². The molecule has 0 aliphatic carbocycles. The first kappa shape index (κ1) is 43.0. The molecule has 0 unspecified atom stereocenters. The van der Waals surface area contributed by atoms with Crippen molar-refractivity contribution in [1.29, 1.82) is 0 Å². The average molecular weight is 814 g/mol. The van der Waals surface area contributed by atoms with E-state index in [-0.39, 0.29) is 32.8 Å². The second-order valence-electron chi connectivity index (χ2n) is 13.8. The third-order valence-corrected chi connectivity index (χ3v) is 9.50. The molecule has 5 aromatic rings. The molecule has 6 atom stereocenters. The van der Waals surface area contributed by atoms with Gasteiger partial charge in [0.25, 0.3) is 0 Å². The van der Waals surface area contributed by atoms with E-state index >= 15 is 0 Å². The van der Waals surface area contributed by atoms with Crippen molar-refractivity contribution in [1.82, 2.24) is 5.32 Å². The highest BCUT2D eigenvalue weighted by Gasteiger charge is 2.50. The molecule has 59 heavy (non-hydrogen) atoms. The number of hydrogen-bond donors (Lipinski definition) is 1. The van der Waals surface area contributed by atoms with Gasteiger partial charge in [-0.15, -0.1) is 0 Å². The highest BCUT2D eigenvalue weighted by Crippen LogP contribution is 2.33. The van der Waals surface area contributed by atoms with Crippen LogP contribution in [0.2, 0.25) is 0 Å². The predicted octanol–water partition coefficient (Wildman–Crippen LogP) is 7.53. The van der Waals surface area contributed by atoms with E-state index in [1.165, 1.54) is 0 Å². The van der Waals surface area contributed by atoms with Crippen LogP contribution in [0.1, 0.15) is 27.8 Å². The fourth-order valence-electron chi connectivity index (χ4n) is 6.49. The van der Waals surface area contributed by atoms with Crippen LogP contribution >= 0.6 is 0 Å². The van der Waals surface area contributed by atoms with Gasteiger partial charge in [0.15, 0.2) is 0 Å². The van der Waals surface area contributed by atoms with Gasteiger partial charge in [-0.1, -0.05) is 133 Å². The summed E-state index contributed by atoms with van der Waals surface area (Å²) in [5, 5.41) is 1.71. The summed E-state index contributed by atoms with van der Waals surface area (Å²) in [6.07, 6.45) is -9.52.